The maximum Gasteiger partial charge on any atom is 0.253 e. The third-order valence-corrected chi connectivity index (χ3v) is 3.79. The Kier molecular flexibility index (Phi) is 4.74. The summed E-state index contributed by atoms with van der Waals surface area (Å²) in [5.41, 5.74) is 6.15. The van der Waals surface area contributed by atoms with Crippen LogP contribution in [0.4, 0.5) is 0 Å². The molecule has 0 saturated carbocycles. The van der Waals surface area contributed by atoms with Crippen molar-refractivity contribution in [3.63, 3.8) is 0 Å². The number of amides is 2. The van der Waals surface area contributed by atoms with Gasteiger partial charge in [-0.3, -0.25) is 9.59 Å². The molecular formula is C15H21N3O2. The zero-order chi connectivity index (χ0) is 14.5. The van der Waals surface area contributed by atoms with Crippen molar-refractivity contribution in [3.8, 4) is 0 Å². The number of likely N-dealkylation sites (tertiary alicyclic amines) is 1. The zero-order valence-electron chi connectivity index (χ0n) is 11.8. The molecule has 0 aliphatic carbocycles. The molecule has 0 bridgehead atoms. The van der Waals surface area contributed by atoms with Gasteiger partial charge in [0.05, 0.1) is 0 Å². The van der Waals surface area contributed by atoms with Crippen molar-refractivity contribution in [1.82, 2.24) is 10.2 Å². The molecule has 1 saturated heterocycles. The number of carbonyl (C=O) groups is 2. The lowest BCUT2D eigenvalue weighted by atomic mass is 9.96. The summed E-state index contributed by atoms with van der Waals surface area (Å²) in [7, 11) is 1.95. The van der Waals surface area contributed by atoms with E-state index in [0.29, 0.717) is 17.0 Å². The van der Waals surface area contributed by atoms with Crippen LogP contribution in [0, 0.1) is 5.92 Å². The molecule has 5 nitrogen and oxygen atoms in total. The maximum absolute atomic E-state index is 12.4. The molecule has 1 aliphatic heterocycles. The van der Waals surface area contributed by atoms with Gasteiger partial charge in [0.15, 0.2) is 0 Å². The lowest BCUT2D eigenvalue weighted by Crippen LogP contribution is -2.40. The summed E-state index contributed by atoms with van der Waals surface area (Å²) in [6.45, 7) is 2.54. The Balaban J connectivity index is 2.02. The molecule has 1 aromatic rings. The van der Waals surface area contributed by atoms with Gasteiger partial charge in [0.1, 0.15) is 0 Å². The maximum atomic E-state index is 12.4. The predicted octanol–water partition coefficient (Wildman–Crippen LogP) is 0.857. The van der Waals surface area contributed by atoms with Crippen LogP contribution >= 0.6 is 0 Å². The van der Waals surface area contributed by atoms with Gasteiger partial charge in [-0.05, 0) is 50.6 Å². The second kappa shape index (κ2) is 6.52. The minimum absolute atomic E-state index is 0.0176. The van der Waals surface area contributed by atoms with Crippen LogP contribution in [0.25, 0.3) is 0 Å². The van der Waals surface area contributed by atoms with Crippen molar-refractivity contribution in [1.29, 1.82) is 0 Å². The van der Waals surface area contributed by atoms with E-state index in [1.165, 1.54) is 0 Å². The molecule has 1 aromatic carbocycles. The topological polar surface area (TPSA) is 75.4 Å². The molecule has 108 valence electrons. The summed E-state index contributed by atoms with van der Waals surface area (Å²) in [5.74, 6) is 0.115. The highest BCUT2D eigenvalue weighted by atomic mass is 16.2. The van der Waals surface area contributed by atoms with Crippen molar-refractivity contribution < 1.29 is 9.59 Å². The summed E-state index contributed by atoms with van der Waals surface area (Å²) >= 11 is 0. The fourth-order valence-corrected chi connectivity index (χ4v) is 2.62. The number of benzene rings is 1. The van der Waals surface area contributed by atoms with Gasteiger partial charge >= 0.3 is 0 Å². The third-order valence-electron chi connectivity index (χ3n) is 3.79. The van der Waals surface area contributed by atoms with Crippen molar-refractivity contribution in [3.05, 3.63) is 35.4 Å². The molecule has 0 spiro atoms. The smallest absolute Gasteiger partial charge is 0.253 e. The van der Waals surface area contributed by atoms with Crippen molar-refractivity contribution in [2.24, 2.45) is 11.7 Å². The Morgan fingerprint density at radius 3 is 2.55 bits per heavy atom. The molecule has 1 aliphatic rings. The Labute approximate surface area is 119 Å². The zero-order valence-corrected chi connectivity index (χ0v) is 11.8. The lowest BCUT2D eigenvalue weighted by molar-refractivity contribution is 0.0691. The van der Waals surface area contributed by atoms with E-state index in [-0.39, 0.29) is 5.91 Å². The highest BCUT2D eigenvalue weighted by Crippen LogP contribution is 2.18. The van der Waals surface area contributed by atoms with Crippen LogP contribution in [0.2, 0.25) is 0 Å². The summed E-state index contributed by atoms with van der Waals surface area (Å²) in [4.78, 5) is 25.4. The summed E-state index contributed by atoms with van der Waals surface area (Å²) in [6.07, 6.45) is 2.03. The highest BCUT2D eigenvalue weighted by molar-refractivity contribution is 5.99. The number of hydrogen-bond acceptors (Lipinski definition) is 3. The molecular weight excluding hydrogens is 254 g/mol. The first-order chi connectivity index (χ1) is 9.61. The predicted molar refractivity (Wildman–Crippen MR) is 77.5 cm³/mol. The van der Waals surface area contributed by atoms with Crippen molar-refractivity contribution >= 4 is 11.8 Å². The van der Waals surface area contributed by atoms with Crippen LogP contribution in [-0.4, -0.2) is 43.4 Å². The van der Waals surface area contributed by atoms with E-state index in [1.807, 2.05) is 11.9 Å². The van der Waals surface area contributed by atoms with E-state index in [2.05, 4.69) is 5.32 Å². The van der Waals surface area contributed by atoms with Gasteiger partial charge in [-0.2, -0.15) is 0 Å². The first kappa shape index (κ1) is 14.5. The van der Waals surface area contributed by atoms with Gasteiger partial charge in [0.25, 0.3) is 5.91 Å². The monoisotopic (exact) mass is 275 g/mol. The molecule has 3 N–H and O–H groups in total. The minimum Gasteiger partial charge on any atom is -0.366 e. The number of primary amides is 1. The van der Waals surface area contributed by atoms with Gasteiger partial charge in [-0.15, -0.1) is 0 Å². The lowest BCUT2D eigenvalue weighted by Gasteiger charge is -2.32. The fourth-order valence-electron chi connectivity index (χ4n) is 2.62. The molecule has 0 atom stereocenters. The van der Waals surface area contributed by atoms with E-state index in [0.717, 1.165) is 32.5 Å². The van der Waals surface area contributed by atoms with Gasteiger partial charge < -0.3 is 16.0 Å². The molecule has 2 amide bonds. The molecule has 0 unspecified atom stereocenters. The number of nitrogens with zero attached hydrogens (tertiary/aromatic N) is 1. The van der Waals surface area contributed by atoms with Crippen LogP contribution in [0.15, 0.2) is 24.3 Å². The number of hydrogen-bond donors (Lipinski definition) is 2. The Hall–Kier alpha value is -1.88. The Bertz CT molecular complexity index is 494. The normalized spacial score (nSPS) is 16.1. The van der Waals surface area contributed by atoms with Crippen LogP contribution in [0.5, 0.6) is 0 Å². The molecule has 20 heavy (non-hydrogen) atoms. The number of rotatable bonds is 4. The van der Waals surface area contributed by atoms with Crippen molar-refractivity contribution in [2.45, 2.75) is 12.8 Å². The first-order valence-corrected chi connectivity index (χ1v) is 6.95. The molecule has 0 radical (unpaired) electrons. The number of piperidine rings is 1. The molecule has 0 aromatic heterocycles. The number of carbonyl (C=O) groups excluding carboxylic acids is 2. The minimum atomic E-state index is -0.507. The van der Waals surface area contributed by atoms with E-state index in [9.17, 15) is 9.59 Å². The van der Waals surface area contributed by atoms with Gasteiger partial charge in [0, 0.05) is 24.2 Å². The highest BCUT2D eigenvalue weighted by Gasteiger charge is 2.23. The van der Waals surface area contributed by atoms with Gasteiger partial charge in [-0.25, -0.2) is 0 Å². The van der Waals surface area contributed by atoms with Gasteiger partial charge in [0.2, 0.25) is 5.91 Å². The Morgan fingerprint density at radius 2 is 1.95 bits per heavy atom. The molecule has 1 heterocycles. The second-order valence-electron chi connectivity index (χ2n) is 5.24. The average Bonchev–Trinajstić information content (AvgIpc) is 2.48. The largest absolute Gasteiger partial charge is 0.366 e. The quantitative estimate of drug-likeness (QED) is 0.855. The first-order valence-electron chi connectivity index (χ1n) is 6.95. The fraction of sp³-hybridized carbons (Fsp3) is 0.467. The number of nitrogens with one attached hydrogen (secondary N) is 1. The second-order valence-corrected chi connectivity index (χ2v) is 5.24. The summed E-state index contributed by atoms with van der Waals surface area (Å²) in [5, 5.41) is 3.18. The van der Waals surface area contributed by atoms with Gasteiger partial charge in [-0.1, -0.05) is 6.07 Å². The van der Waals surface area contributed by atoms with E-state index >= 15 is 0 Å². The number of nitrogens with two attached hydrogens (primary N) is 1. The summed E-state index contributed by atoms with van der Waals surface area (Å²) in [6, 6.07) is 6.62. The van der Waals surface area contributed by atoms with Crippen LogP contribution in [0.3, 0.4) is 0 Å². The van der Waals surface area contributed by atoms with E-state index < -0.39 is 5.91 Å². The Morgan fingerprint density at radius 1 is 1.30 bits per heavy atom. The van der Waals surface area contributed by atoms with E-state index in [4.69, 9.17) is 5.73 Å². The SMILES string of the molecule is CNCC1CCN(C(=O)c2cccc(C(N)=O)c2)CC1. The molecule has 5 heteroatoms. The van der Waals surface area contributed by atoms with Crippen molar-refractivity contribution in [2.75, 3.05) is 26.7 Å². The molecule has 2 rings (SSSR count). The standard InChI is InChI=1S/C15H21N3O2/c1-17-10-11-5-7-18(8-6-11)15(20)13-4-2-3-12(9-13)14(16)19/h2-4,9,11,17H,5-8,10H2,1H3,(H2,16,19). The van der Waals surface area contributed by atoms with E-state index in [1.54, 1.807) is 24.3 Å². The molecule has 1 fully saturated rings. The average molecular weight is 275 g/mol. The summed E-state index contributed by atoms with van der Waals surface area (Å²) < 4.78 is 0. The third kappa shape index (κ3) is 3.36. The van der Waals surface area contributed by atoms with Crippen LogP contribution in [-0.2, 0) is 0 Å². The van der Waals surface area contributed by atoms with Crippen LogP contribution in [0.1, 0.15) is 33.6 Å². The van der Waals surface area contributed by atoms with Crippen LogP contribution < -0.4 is 11.1 Å².